The van der Waals surface area contributed by atoms with Crippen LogP contribution in [0.3, 0.4) is 0 Å². The lowest BCUT2D eigenvalue weighted by atomic mass is 9.83. The summed E-state index contributed by atoms with van der Waals surface area (Å²) in [6.45, 7) is 1.82. The van der Waals surface area contributed by atoms with Gasteiger partial charge < -0.3 is 4.74 Å². The topological polar surface area (TPSA) is 26.3 Å². The molecule has 0 rings (SSSR count). The summed E-state index contributed by atoms with van der Waals surface area (Å²) >= 11 is 0. The van der Waals surface area contributed by atoms with Gasteiger partial charge in [0.05, 0.1) is 0 Å². The van der Waals surface area contributed by atoms with Gasteiger partial charge in [-0.25, -0.2) is 0 Å². The first-order valence-corrected chi connectivity index (χ1v) is 4.70. The van der Waals surface area contributed by atoms with Crippen LogP contribution in [0.4, 0.5) is 26.3 Å². The summed E-state index contributed by atoms with van der Waals surface area (Å²) in [7, 11) is 0. The highest BCUT2D eigenvalue weighted by molar-refractivity contribution is 5.69. The maximum Gasteiger partial charge on any atom is 0.406 e. The Morgan fingerprint density at radius 3 is 1.71 bits per heavy atom. The van der Waals surface area contributed by atoms with E-state index in [9.17, 15) is 31.1 Å². The molecule has 17 heavy (non-hydrogen) atoms. The number of hydrogen-bond donors (Lipinski definition) is 0. The Morgan fingerprint density at radius 2 is 1.47 bits per heavy atom. The van der Waals surface area contributed by atoms with Gasteiger partial charge in [-0.15, -0.1) is 0 Å². The van der Waals surface area contributed by atoms with Crippen molar-refractivity contribution in [3.8, 4) is 0 Å². The van der Waals surface area contributed by atoms with Crippen molar-refractivity contribution in [1.82, 2.24) is 0 Å². The third kappa shape index (κ3) is 3.04. The minimum atomic E-state index is -5.56. The Balaban J connectivity index is 5.29. The van der Waals surface area contributed by atoms with Crippen molar-refractivity contribution in [3.63, 3.8) is 0 Å². The zero-order valence-electron chi connectivity index (χ0n) is 9.37. The van der Waals surface area contributed by atoms with Gasteiger partial charge >= 0.3 is 18.3 Å². The standard InChI is InChI=1S/C9H12F6O2/c1-4-6(16)17-5(2)7(3,8(10,11)12)9(13,14)15/h5H,4H2,1-3H3. The SMILES string of the molecule is CCC(=O)OC(C)C(C)(C(F)(F)F)C(F)(F)F. The summed E-state index contributed by atoms with van der Waals surface area (Å²) < 4.78 is 79.1. The van der Waals surface area contributed by atoms with Crippen molar-refractivity contribution in [1.29, 1.82) is 0 Å². The fraction of sp³-hybridized carbons (Fsp3) is 0.889. The molecule has 0 N–H and O–H groups in total. The summed E-state index contributed by atoms with van der Waals surface area (Å²) in [5, 5.41) is 0. The van der Waals surface area contributed by atoms with Gasteiger partial charge in [0.1, 0.15) is 6.10 Å². The maximum atomic E-state index is 12.5. The van der Waals surface area contributed by atoms with E-state index >= 15 is 0 Å². The quantitative estimate of drug-likeness (QED) is 0.577. The first-order valence-electron chi connectivity index (χ1n) is 4.70. The highest BCUT2D eigenvalue weighted by Gasteiger charge is 2.71. The van der Waals surface area contributed by atoms with Crippen LogP contribution in [0.2, 0.25) is 0 Å². The van der Waals surface area contributed by atoms with Gasteiger partial charge in [-0.05, 0) is 13.8 Å². The lowest BCUT2D eigenvalue weighted by molar-refractivity contribution is -0.357. The highest BCUT2D eigenvalue weighted by atomic mass is 19.4. The Bertz CT molecular complexity index is 266. The first-order chi connectivity index (χ1) is 7.38. The number of rotatable bonds is 3. The van der Waals surface area contributed by atoms with E-state index < -0.39 is 29.8 Å². The number of alkyl halides is 6. The first kappa shape index (κ1) is 16.1. The lowest BCUT2D eigenvalue weighted by Crippen LogP contribution is -2.55. The Hall–Kier alpha value is -0.950. The van der Waals surface area contributed by atoms with Crippen LogP contribution >= 0.6 is 0 Å². The fourth-order valence-electron chi connectivity index (χ4n) is 1.02. The van der Waals surface area contributed by atoms with Crippen LogP contribution in [0.15, 0.2) is 0 Å². The molecule has 0 spiro atoms. The van der Waals surface area contributed by atoms with Crippen LogP contribution in [-0.2, 0) is 9.53 Å². The second-order valence-corrected chi connectivity index (χ2v) is 3.68. The molecule has 0 aliphatic carbocycles. The largest absolute Gasteiger partial charge is 0.461 e. The Labute approximate surface area is 93.9 Å². The molecular weight excluding hydrogens is 254 g/mol. The molecule has 0 aromatic rings. The number of carbonyl (C=O) groups excluding carboxylic acids is 1. The summed E-state index contributed by atoms with van der Waals surface area (Å²) in [4.78, 5) is 10.8. The molecule has 0 aromatic heterocycles. The van der Waals surface area contributed by atoms with Crippen LogP contribution in [0.1, 0.15) is 27.2 Å². The molecule has 102 valence electrons. The summed E-state index contributed by atoms with van der Waals surface area (Å²) in [6.07, 6.45) is -13.7. The predicted molar refractivity (Wildman–Crippen MR) is 46.1 cm³/mol. The summed E-state index contributed by atoms with van der Waals surface area (Å²) in [5.41, 5.74) is -4.08. The smallest absolute Gasteiger partial charge is 0.406 e. The van der Waals surface area contributed by atoms with E-state index in [1.54, 1.807) is 0 Å². The van der Waals surface area contributed by atoms with Gasteiger partial charge in [0.25, 0.3) is 0 Å². The van der Waals surface area contributed by atoms with E-state index in [2.05, 4.69) is 4.74 Å². The number of ether oxygens (including phenoxy) is 1. The normalized spacial score (nSPS) is 15.6. The van der Waals surface area contributed by atoms with E-state index in [4.69, 9.17) is 0 Å². The second kappa shape index (κ2) is 4.73. The van der Waals surface area contributed by atoms with E-state index in [1.807, 2.05) is 0 Å². The molecule has 0 aliphatic rings. The van der Waals surface area contributed by atoms with Gasteiger partial charge in [-0.1, -0.05) is 6.92 Å². The van der Waals surface area contributed by atoms with Crippen molar-refractivity contribution in [2.24, 2.45) is 5.41 Å². The van der Waals surface area contributed by atoms with E-state index in [-0.39, 0.29) is 13.3 Å². The van der Waals surface area contributed by atoms with E-state index in [0.717, 1.165) is 0 Å². The average molecular weight is 266 g/mol. The van der Waals surface area contributed by atoms with Crippen LogP contribution in [0.25, 0.3) is 0 Å². The van der Waals surface area contributed by atoms with Crippen molar-refractivity contribution in [2.75, 3.05) is 0 Å². The van der Waals surface area contributed by atoms with Gasteiger partial charge in [0, 0.05) is 6.42 Å². The molecule has 0 saturated carbocycles. The summed E-state index contributed by atoms with van der Waals surface area (Å²) in [5.74, 6) is -1.11. The molecular formula is C9H12F6O2. The van der Waals surface area contributed by atoms with Crippen molar-refractivity contribution < 1.29 is 35.9 Å². The van der Waals surface area contributed by atoms with Crippen LogP contribution in [0.5, 0.6) is 0 Å². The molecule has 0 saturated heterocycles. The summed E-state index contributed by atoms with van der Waals surface area (Å²) in [6, 6.07) is 0. The third-order valence-electron chi connectivity index (χ3n) is 2.59. The molecule has 0 amide bonds. The average Bonchev–Trinajstić information content (AvgIpc) is 2.12. The van der Waals surface area contributed by atoms with Crippen molar-refractivity contribution >= 4 is 5.97 Å². The zero-order chi connectivity index (χ0) is 14.1. The molecule has 0 bridgehead atoms. The molecule has 1 atom stereocenters. The molecule has 0 aliphatic heterocycles. The van der Waals surface area contributed by atoms with Crippen LogP contribution < -0.4 is 0 Å². The highest BCUT2D eigenvalue weighted by Crippen LogP contribution is 2.53. The molecule has 0 fully saturated rings. The number of carbonyl (C=O) groups is 1. The lowest BCUT2D eigenvalue weighted by Gasteiger charge is -2.37. The maximum absolute atomic E-state index is 12.5. The van der Waals surface area contributed by atoms with Gasteiger partial charge in [-0.3, -0.25) is 4.79 Å². The van der Waals surface area contributed by atoms with Gasteiger partial charge in [-0.2, -0.15) is 26.3 Å². The monoisotopic (exact) mass is 266 g/mol. The van der Waals surface area contributed by atoms with Crippen molar-refractivity contribution in [3.05, 3.63) is 0 Å². The van der Waals surface area contributed by atoms with E-state index in [1.165, 1.54) is 6.92 Å². The van der Waals surface area contributed by atoms with Crippen LogP contribution in [0, 0.1) is 5.41 Å². The predicted octanol–water partition coefficient (Wildman–Crippen LogP) is 3.46. The molecule has 1 unspecified atom stereocenters. The van der Waals surface area contributed by atoms with E-state index in [0.29, 0.717) is 6.92 Å². The molecule has 8 heteroatoms. The fourth-order valence-corrected chi connectivity index (χ4v) is 1.02. The Morgan fingerprint density at radius 1 is 1.12 bits per heavy atom. The third-order valence-corrected chi connectivity index (χ3v) is 2.59. The minimum Gasteiger partial charge on any atom is -0.461 e. The number of halogens is 6. The van der Waals surface area contributed by atoms with Gasteiger partial charge in [0.15, 0.2) is 5.41 Å². The number of hydrogen-bond acceptors (Lipinski definition) is 2. The van der Waals surface area contributed by atoms with Crippen LogP contribution in [-0.4, -0.2) is 24.4 Å². The Kier molecular flexibility index (Phi) is 4.47. The van der Waals surface area contributed by atoms with Crippen molar-refractivity contribution in [2.45, 2.75) is 45.6 Å². The molecule has 0 aromatic carbocycles. The molecule has 2 nitrogen and oxygen atoms in total. The zero-order valence-corrected chi connectivity index (χ0v) is 9.37. The molecule has 0 radical (unpaired) electrons. The molecule has 0 heterocycles. The minimum absolute atomic E-state index is 0.0272. The number of esters is 1. The van der Waals surface area contributed by atoms with Gasteiger partial charge in [0.2, 0.25) is 0 Å². The second-order valence-electron chi connectivity index (χ2n) is 3.68.